The molecule has 0 radical (unpaired) electrons. The predicted molar refractivity (Wildman–Crippen MR) is 64.9 cm³/mol. The molecule has 1 fully saturated rings. The molecule has 1 aliphatic rings. The summed E-state index contributed by atoms with van der Waals surface area (Å²) < 4.78 is 11.2. The van der Waals surface area contributed by atoms with Gasteiger partial charge in [0.05, 0.1) is 6.61 Å². The highest BCUT2D eigenvalue weighted by molar-refractivity contribution is 5.39. The first-order valence-electron chi connectivity index (χ1n) is 5.82. The number of hydrogen-bond acceptors (Lipinski definition) is 3. The van der Waals surface area contributed by atoms with Crippen molar-refractivity contribution in [3.05, 3.63) is 29.8 Å². The number of aliphatic hydroxyl groups is 1. The van der Waals surface area contributed by atoms with E-state index >= 15 is 0 Å². The first-order chi connectivity index (χ1) is 8.38. The van der Waals surface area contributed by atoms with Crippen LogP contribution >= 0.6 is 0 Å². The van der Waals surface area contributed by atoms with Crippen molar-refractivity contribution in [3.8, 4) is 17.6 Å². The summed E-state index contributed by atoms with van der Waals surface area (Å²) in [5.74, 6) is 6.29. The lowest BCUT2D eigenvalue weighted by Gasteiger charge is -2.23. The highest BCUT2D eigenvalue weighted by Crippen LogP contribution is 2.18. The van der Waals surface area contributed by atoms with E-state index in [2.05, 4.69) is 11.8 Å². The van der Waals surface area contributed by atoms with Gasteiger partial charge in [0.15, 0.2) is 0 Å². The van der Waals surface area contributed by atoms with Crippen LogP contribution < -0.4 is 4.74 Å². The quantitative estimate of drug-likeness (QED) is 0.787. The van der Waals surface area contributed by atoms with Gasteiger partial charge in [-0.1, -0.05) is 17.9 Å². The van der Waals surface area contributed by atoms with E-state index in [1.165, 1.54) is 0 Å². The fraction of sp³-hybridized carbons (Fsp3) is 0.429. The average molecular weight is 232 g/mol. The van der Waals surface area contributed by atoms with E-state index in [-0.39, 0.29) is 12.7 Å². The number of aliphatic hydroxyl groups excluding tert-OH is 1. The van der Waals surface area contributed by atoms with Gasteiger partial charge in [0.2, 0.25) is 0 Å². The lowest BCUT2D eigenvalue weighted by Crippen LogP contribution is -2.27. The molecule has 0 saturated carbocycles. The fourth-order valence-electron chi connectivity index (χ4n) is 1.79. The van der Waals surface area contributed by atoms with E-state index in [4.69, 9.17) is 14.6 Å². The molecule has 1 aromatic rings. The lowest BCUT2D eigenvalue weighted by molar-refractivity contribution is 0.00742. The molecular formula is C14H16O3. The van der Waals surface area contributed by atoms with Crippen molar-refractivity contribution in [2.24, 2.45) is 0 Å². The smallest absolute Gasteiger partial charge is 0.122 e. The molecule has 1 N–H and O–H groups in total. The van der Waals surface area contributed by atoms with Crippen LogP contribution in [0.25, 0.3) is 0 Å². The van der Waals surface area contributed by atoms with Gasteiger partial charge in [0, 0.05) is 12.2 Å². The van der Waals surface area contributed by atoms with E-state index in [0.717, 1.165) is 30.8 Å². The number of benzene rings is 1. The standard InChI is InChI=1S/C14H16O3/c15-8-2-5-12-4-1-6-13(10-12)17-14-7-3-9-16-11-14/h1,4,6,10,14-15H,3,7-9,11H2. The topological polar surface area (TPSA) is 38.7 Å². The molecule has 1 saturated heterocycles. The summed E-state index contributed by atoms with van der Waals surface area (Å²) in [4.78, 5) is 0. The number of ether oxygens (including phenoxy) is 2. The molecule has 2 rings (SSSR count). The monoisotopic (exact) mass is 232 g/mol. The SMILES string of the molecule is OCC#Cc1cccc(OC2CCCOC2)c1. The molecular weight excluding hydrogens is 216 g/mol. The third-order valence-electron chi connectivity index (χ3n) is 2.57. The largest absolute Gasteiger partial charge is 0.488 e. The summed E-state index contributed by atoms with van der Waals surface area (Å²) in [5, 5.41) is 8.64. The highest BCUT2D eigenvalue weighted by atomic mass is 16.5. The minimum Gasteiger partial charge on any atom is -0.488 e. The van der Waals surface area contributed by atoms with Gasteiger partial charge < -0.3 is 14.6 Å². The second kappa shape index (κ2) is 6.29. The normalized spacial score (nSPS) is 19.2. The van der Waals surface area contributed by atoms with Crippen LogP contribution in [0, 0.1) is 11.8 Å². The van der Waals surface area contributed by atoms with Crippen LogP contribution in [-0.2, 0) is 4.74 Å². The van der Waals surface area contributed by atoms with Crippen LogP contribution in [0.3, 0.4) is 0 Å². The van der Waals surface area contributed by atoms with Crippen molar-refractivity contribution in [1.82, 2.24) is 0 Å². The Balaban J connectivity index is 2.00. The van der Waals surface area contributed by atoms with Gasteiger partial charge in [0.1, 0.15) is 18.5 Å². The van der Waals surface area contributed by atoms with Crippen molar-refractivity contribution in [1.29, 1.82) is 0 Å². The Morgan fingerprint density at radius 3 is 3.18 bits per heavy atom. The summed E-state index contributed by atoms with van der Waals surface area (Å²) >= 11 is 0. The highest BCUT2D eigenvalue weighted by Gasteiger charge is 2.15. The molecule has 1 aliphatic heterocycles. The summed E-state index contributed by atoms with van der Waals surface area (Å²) in [6.45, 7) is 1.37. The molecule has 0 aromatic heterocycles. The Labute approximate surface area is 101 Å². The zero-order valence-electron chi connectivity index (χ0n) is 9.69. The molecule has 0 bridgehead atoms. The van der Waals surface area contributed by atoms with Gasteiger partial charge >= 0.3 is 0 Å². The molecule has 1 unspecified atom stereocenters. The Morgan fingerprint density at radius 1 is 1.47 bits per heavy atom. The molecule has 1 heterocycles. The van der Waals surface area contributed by atoms with Gasteiger partial charge in [-0.15, -0.1) is 0 Å². The molecule has 90 valence electrons. The molecule has 17 heavy (non-hydrogen) atoms. The average Bonchev–Trinajstić information content (AvgIpc) is 2.38. The summed E-state index contributed by atoms with van der Waals surface area (Å²) in [7, 11) is 0. The Bertz CT molecular complexity index is 411. The third-order valence-corrected chi connectivity index (χ3v) is 2.57. The van der Waals surface area contributed by atoms with Gasteiger partial charge in [0.25, 0.3) is 0 Å². The molecule has 1 atom stereocenters. The van der Waals surface area contributed by atoms with Crippen molar-refractivity contribution in [3.63, 3.8) is 0 Å². The van der Waals surface area contributed by atoms with Crippen molar-refractivity contribution in [2.75, 3.05) is 19.8 Å². The summed E-state index contributed by atoms with van der Waals surface area (Å²) in [5.41, 5.74) is 0.855. The molecule has 3 heteroatoms. The van der Waals surface area contributed by atoms with E-state index in [9.17, 15) is 0 Å². The molecule has 0 spiro atoms. The van der Waals surface area contributed by atoms with Crippen LogP contribution in [0.15, 0.2) is 24.3 Å². The first kappa shape index (κ1) is 12.0. The zero-order valence-corrected chi connectivity index (χ0v) is 9.69. The summed E-state index contributed by atoms with van der Waals surface area (Å²) in [6.07, 6.45) is 2.23. The lowest BCUT2D eigenvalue weighted by atomic mass is 10.1. The van der Waals surface area contributed by atoms with Gasteiger partial charge in [-0.25, -0.2) is 0 Å². The second-order valence-corrected chi connectivity index (χ2v) is 3.94. The van der Waals surface area contributed by atoms with E-state index in [1.54, 1.807) is 0 Å². The van der Waals surface area contributed by atoms with Crippen molar-refractivity contribution in [2.45, 2.75) is 18.9 Å². The fourth-order valence-corrected chi connectivity index (χ4v) is 1.79. The first-order valence-corrected chi connectivity index (χ1v) is 5.82. The van der Waals surface area contributed by atoms with Crippen molar-refractivity contribution < 1.29 is 14.6 Å². The van der Waals surface area contributed by atoms with Gasteiger partial charge in [-0.2, -0.15) is 0 Å². The molecule has 0 aliphatic carbocycles. The molecule has 3 nitrogen and oxygen atoms in total. The van der Waals surface area contributed by atoms with Crippen LogP contribution in [0.1, 0.15) is 18.4 Å². The van der Waals surface area contributed by atoms with E-state index in [0.29, 0.717) is 6.61 Å². The zero-order chi connectivity index (χ0) is 11.9. The van der Waals surface area contributed by atoms with Crippen LogP contribution in [0.5, 0.6) is 5.75 Å². The predicted octanol–water partition coefficient (Wildman–Crippen LogP) is 1.59. The third kappa shape index (κ3) is 3.77. The van der Waals surface area contributed by atoms with Crippen molar-refractivity contribution >= 4 is 0 Å². The second-order valence-electron chi connectivity index (χ2n) is 3.94. The minimum atomic E-state index is -0.123. The van der Waals surface area contributed by atoms with Gasteiger partial charge in [-0.05, 0) is 31.0 Å². The maximum atomic E-state index is 8.64. The van der Waals surface area contributed by atoms with Crippen LogP contribution in [0.4, 0.5) is 0 Å². The van der Waals surface area contributed by atoms with Gasteiger partial charge in [-0.3, -0.25) is 0 Å². The maximum absolute atomic E-state index is 8.64. The maximum Gasteiger partial charge on any atom is 0.122 e. The Kier molecular flexibility index (Phi) is 4.43. The Morgan fingerprint density at radius 2 is 2.41 bits per heavy atom. The summed E-state index contributed by atoms with van der Waals surface area (Å²) in [6, 6.07) is 7.60. The number of rotatable bonds is 2. The minimum absolute atomic E-state index is 0.123. The molecule has 0 amide bonds. The van der Waals surface area contributed by atoms with E-state index in [1.807, 2.05) is 24.3 Å². The number of hydrogen-bond donors (Lipinski definition) is 1. The van der Waals surface area contributed by atoms with Crippen LogP contribution in [-0.4, -0.2) is 31.0 Å². The molecule has 1 aromatic carbocycles. The van der Waals surface area contributed by atoms with E-state index < -0.39 is 0 Å². The Hall–Kier alpha value is -1.50. The van der Waals surface area contributed by atoms with Crippen LogP contribution in [0.2, 0.25) is 0 Å².